The summed E-state index contributed by atoms with van der Waals surface area (Å²) < 4.78 is 129. The molecule has 2 saturated heterocycles. The van der Waals surface area contributed by atoms with Crippen LogP contribution in [-0.2, 0) is 107 Å². The Kier molecular flexibility index (Phi) is 45.8. The smallest absolute Gasteiger partial charge is 0.407 e. The average Bonchev–Trinajstić information content (AvgIpc) is 1.28. The topological polar surface area (TPSA) is 422 Å². The lowest BCUT2D eigenvalue weighted by Crippen LogP contribution is -2.61. The van der Waals surface area contributed by atoms with Crippen molar-refractivity contribution < 1.29 is 133 Å². The van der Waals surface area contributed by atoms with E-state index in [0.29, 0.717) is 148 Å². The number of allylic oxidation sites excluding steroid dienone is 5. The van der Waals surface area contributed by atoms with E-state index in [1.165, 1.54) is 29.9 Å². The first-order valence-corrected chi connectivity index (χ1v) is 47.3. The van der Waals surface area contributed by atoms with Crippen LogP contribution in [0.2, 0.25) is 0 Å². The minimum absolute atomic E-state index is 0.00578. The number of cyclic esters (lactones) is 1. The van der Waals surface area contributed by atoms with Gasteiger partial charge in [0.15, 0.2) is 15.6 Å². The fraction of sp³-hybridized carbons (Fsp3) is 0.663. The third-order valence-electron chi connectivity index (χ3n) is 24.5. The number of nitrogens with two attached hydrogens (primary N) is 1. The molecular formula is C95H141FN6O27S. The number of methoxy groups -OCH3 is 3. The van der Waals surface area contributed by atoms with Crippen molar-refractivity contribution in [3.05, 3.63) is 119 Å². The van der Waals surface area contributed by atoms with Crippen molar-refractivity contribution in [3.63, 3.8) is 0 Å². The molecule has 5 aliphatic rings. The number of esters is 1. The zero-order chi connectivity index (χ0) is 94.3. The van der Waals surface area contributed by atoms with Crippen LogP contribution < -0.4 is 21.1 Å². The summed E-state index contributed by atoms with van der Waals surface area (Å²) in [5.41, 5.74) is 9.33. The summed E-state index contributed by atoms with van der Waals surface area (Å²) in [6.45, 7) is 19.5. The number of piperidine rings is 1. The summed E-state index contributed by atoms with van der Waals surface area (Å²) >= 11 is 0. The number of rotatable bonds is 40. The monoisotopic (exact) mass is 1850 g/mol. The van der Waals surface area contributed by atoms with Crippen LogP contribution >= 0.6 is 0 Å². The van der Waals surface area contributed by atoms with Gasteiger partial charge >= 0.3 is 12.1 Å². The molecule has 3 fully saturated rings. The number of nitrogens with one attached hydrogen (secondary N) is 2. The predicted molar refractivity (Wildman–Crippen MR) is 480 cm³/mol. The lowest BCUT2D eigenvalue weighted by molar-refractivity contribution is -0.265. The number of carbonyl (C=O) groups excluding carboxylic acids is 7. The van der Waals surface area contributed by atoms with Gasteiger partial charge in [-0.25, -0.2) is 27.4 Å². The first-order chi connectivity index (χ1) is 62.4. The van der Waals surface area contributed by atoms with Crippen LogP contribution in [0.5, 0.6) is 5.75 Å². The third-order valence-corrected chi connectivity index (χ3v) is 26.3. The van der Waals surface area contributed by atoms with Crippen LogP contribution in [-0.4, -0.2) is 306 Å². The molecule has 5 heterocycles. The Morgan fingerprint density at radius 3 is 1.97 bits per heavy atom. The summed E-state index contributed by atoms with van der Waals surface area (Å²) in [5.74, 6) is -9.53. The lowest BCUT2D eigenvalue weighted by Gasteiger charge is -2.43. The van der Waals surface area contributed by atoms with E-state index >= 15 is 4.39 Å². The Labute approximate surface area is 764 Å². The minimum Gasteiger partial charge on any atom is -0.491 e. The molecule has 726 valence electrons. The molecule has 4 aliphatic heterocycles. The molecule has 2 aromatic carbocycles. The van der Waals surface area contributed by atoms with E-state index in [0.717, 1.165) is 28.3 Å². The summed E-state index contributed by atoms with van der Waals surface area (Å²) in [6, 6.07) is 10.3. The number of ketones is 2. The molecular weight excluding hydrogens is 1710 g/mol. The summed E-state index contributed by atoms with van der Waals surface area (Å²) in [4.78, 5) is 103. The second-order valence-electron chi connectivity index (χ2n) is 34.3. The third kappa shape index (κ3) is 33.5. The van der Waals surface area contributed by atoms with E-state index in [9.17, 15) is 57.3 Å². The molecule has 3 aromatic rings. The van der Waals surface area contributed by atoms with E-state index in [4.69, 9.17) is 76.8 Å². The number of fused-ring (bicyclic) bond motifs is 4. The van der Waals surface area contributed by atoms with E-state index in [1.54, 1.807) is 53.3 Å². The Bertz CT molecular complexity index is 4310. The normalized spacial score (nSPS) is 27.2. The molecule has 7 N–H and O–H groups in total. The summed E-state index contributed by atoms with van der Waals surface area (Å²) in [5, 5.41) is 41.2. The van der Waals surface area contributed by atoms with E-state index < -0.39 is 146 Å². The highest BCUT2D eigenvalue weighted by Gasteiger charge is 2.53. The number of nitrogen functional groups attached to an aromatic ring is 1. The Morgan fingerprint density at radius 2 is 1.34 bits per heavy atom. The van der Waals surface area contributed by atoms with Crippen molar-refractivity contribution in [2.24, 2.45) is 35.5 Å². The van der Waals surface area contributed by atoms with Gasteiger partial charge in [-0.3, -0.25) is 24.0 Å². The number of amides is 4. The molecule has 1 aliphatic carbocycles. The fourth-order valence-electron chi connectivity index (χ4n) is 16.7. The number of anilines is 1. The molecule has 130 heavy (non-hydrogen) atoms. The van der Waals surface area contributed by atoms with Crippen LogP contribution in [0.4, 0.5) is 15.0 Å². The SMILES string of the molecule is CO[C@H]1C[C@@H]2CC[C@@H](C)[C@@](O)(O2)C(=O)C(=O)N2CCCC[C@H]2C(=O)O[C@H]([C@H](C)C[C@@H]2CC[C@@H](OC(=O)NCCOCCOCCOCCOCCOCCOCCOCCOCCC(=O)NCCS(=O)(=O)c3ccc(C(=O)N4CCOc5ccc(-c6ccc(N)nc6)cc5C4)c(C)c3F)[C@H](OC)C2)C[C@@H](O)[C@H](C)/C=C(\C)[C@@H](O)[C@@H](OC)C(=O)[C@H](C)C[C@H](C)/C=C/C=C/C=C/1C. The van der Waals surface area contributed by atoms with Gasteiger partial charge in [-0.05, 0) is 161 Å². The first-order valence-electron chi connectivity index (χ1n) is 45.6. The summed E-state index contributed by atoms with van der Waals surface area (Å²) in [6.07, 6.45) is 10.3. The van der Waals surface area contributed by atoms with E-state index in [2.05, 4.69) is 15.6 Å². The standard InChI is InChI=1S/C95H141FN6O27S/c1-62-17-13-12-14-18-63(2)80(115-9)58-74-24-20-68(7)95(112,129-74)90(107)92(109)102-33-16-15-19-76(102)93(110)127-81(59-77(103)64(3)54-67(6)88(106)89(117-11)87(105)66(5)53-62)65(4)55-70-21-26-79(82(56-70)116-10)128-94(111)99-31-36-119-39-41-121-43-45-123-47-49-125-51-50-124-48-46-122-44-42-120-40-38-118-35-30-85(104)98-32-52-130(113,114)83-28-25-75(69(8)86(83)96)91(108)101-34-37-126-78-27-22-71(57-73(78)61-101)72-23-29-84(97)100-60-72/h12-14,17-18,22-23,25,27-29,54,57,60,62,64-66,68,70,74,76-77,79-82,88-89,103,106,112H,15-16,19-21,24,26,30-53,55-56,58-59,61H2,1-11H3,(H2,97,100)(H,98,104)(H,99,111)/b14-12+,17-13+,63-18+,67-54+/t62-,64-,65-,66-,68-,70+,74+,76+,77-,79-,80+,81+,82-,88-,89+,95-/m1/s1. The molecule has 0 unspecified atom stereocenters. The Morgan fingerprint density at radius 1 is 0.692 bits per heavy atom. The van der Waals surface area contributed by atoms with E-state index in [-0.39, 0.29) is 127 Å². The van der Waals surface area contributed by atoms with Gasteiger partial charge in [0.1, 0.15) is 59.3 Å². The van der Waals surface area contributed by atoms with Crippen molar-refractivity contribution in [3.8, 4) is 16.9 Å². The number of Topliss-reactive ketones (excluding diaryl/α,β-unsaturated/α-hetero) is 2. The molecule has 16 atom stereocenters. The van der Waals surface area contributed by atoms with Gasteiger partial charge in [0, 0.05) is 107 Å². The molecule has 33 nitrogen and oxygen atoms in total. The number of benzene rings is 2. The number of aromatic nitrogens is 1. The molecule has 35 heteroatoms. The zero-order valence-electron chi connectivity index (χ0n) is 77.5. The number of carbonyl (C=O) groups is 7. The Balaban J connectivity index is 0.645. The predicted octanol–water partition coefficient (Wildman–Crippen LogP) is 8.95. The van der Waals surface area contributed by atoms with Crippen molar-refractivity contribution in [1.29, 1.82) is 0 Å². The second kappa shape index (κ2) is 55.6. The van der Waals surface area contributed by atoms with Crippen LogP contribution in [0.25, 0.3) is 11.1 Å². The van der Waals surface area contributed by atoms with Gasteiger partial charge in [0.2, 0.25) is 11.7 Å². The number of pyridine rings is 1. The number of nitrogens with zero attached hydrogens (tertiary/aromatic N) is 3. The van der Waals surface area contributed by atoms with Gasteiger partial charge in [0.05, 0.1) is 142 Å². The van der Waals surface area contributed by atoms with Crippen molar-refractivity contribution in [1.82, 2.24) is 25.4 Å². The number of alkyl carbamates (subject to hydrolysis) is 1. The largest absolute Gasteiger partial charge is 0.491 e. The fourth-order valence-corrected chi connectivity index (χ4v) is 18.0. The van der Waals surface area contributed by atoms with Gasteiger partial charge in [-0.1, -0.05) is 77.1 Å². The van der Waals surface area contributed by atoms with Gasteiger partial charge in [0.25, 0.3) is 17.6 Å². The van der Waals surface area contributed by atoms with Crippen molar-refractivity contribution >= 4 is 57.0 Å². The average molecular weight is 1850 g/mol. The number of ether oxygens (including phenoxy) is 15. The first kappa shape index (κ1) is 107. The molecule has 2 bridgehead atoms. The number of aliphatic hydroxyl groups excluding tert-OH is 2. The second-order valence-corrected chi connectivity index (χ2v) is 36.4. The van der Waals surface area contributed by atoms with Crippen molar-refractivity contribution in [2.45, 2.75) is 211 Å². The van der Waals surface area contributed by atoms with Gasteiger partial charge in [-0.2, -0.15) is 0 Å². The minimum atomic E-state index is -4.19. The molecule has 0 radical (unpaired) electrons. The number of hydrogen-bond donors (Lipinski definition) is 6. The number of aliphatic hydroxyl groups is 3. The number of halogens is 1. The zero-order valence-corrected chi connectivity index (χ0v) is 78.4. The van der Waals surface area contributed by atoms with Crippen LogP contribution in [0.3, 0.4) is 0 Å². The highest BCUT2D eigenvalue weighted by atomic mass is 32.2. The highest BCUT2D eigenvalue weighted by Crippen LogP contribution is 2.40. The number of sulfone groups is 1. The van der Waals surface area contributed by atoms with Crippen molar-refractivity contribution in [2.75, 3.05) is 171 Å². The molecule has 8 rings (SSSR count). The lowest BCUT2D eigenvalue weighted by atomic mass is 9.78. The quantitative estimate of drug-likeness (QED) is 0.0134. The maximum atomic E-state index is 15.8. The van der Waals surface area contributed by atoms with E-state index in [1.807, 2.05) is 82.3 Å². The van der Waals surface area contributed by atoms with Gasteiger partial charge < -0.3 is 113 Å². The molecule has 1 saturated carbocycles. The van der Waals surface area contributed by atoms with Crippen LogP contribution in [0, 0.1) is 48.2 Å². The summed E-state index contributed by atoms with van der Waals surface area (Å²) in [7, 11) is 0.309. The highest BCUT2D eigenvalue weighted by molar-refractivity contribution is 7.91. The molecule has 0 spiro atoms. The van der Waals surface area contributed by atoms with Crippen LogP contribution in [0.15, 0.2) is 101 Å². The van der Waals surface area contributed by atoms with Crippen LogP contribution in [0.1, 0.15) is 153 Å². The number of hydrogen-bond acceptors (Lipinski definition) is 29. The molecule has 1 aromatic heterocycles. The Hall–Kier alpha value is -8.08. The maximum Gasteiger partial charge on any atom is 0.407 e. The van der Waals surface area contributed by atoms with Gasteiger partial charge in [-0.15, -0.1) is 0 Å². The maximum absolute atomic E-state index is 15.8. The molecule has 4 amide bonds.